The van der Waals surface area contributed by atoms with E-state index in [9.17, 15) is 18.0 Å². The van der Waals surface area contributed by atoms with Gasteiger partial charge in [0.1, 0.15) is 6.04 Å². The lowest BCUT2D eigenvalue weighted by Gasteiger charge is -2.24. The second kappa shape index (κ2) is 6.79. The second-order valence-electron chi connectivity index (χ2n) is 6.00. The lowest BCUT2D eigenvalue weighted by molar-refractivity contribution is -0.137. The molecule has 0 amide bonds. The van der Waals surface area contributed by atoms with E-state index in [-0.39, 0.29) is 12.4 Å². The van der Waals surface area contributed by atoms with E-state index < -0.39 is 23.5 Å². The summed E-state index contributed by atoms with van der Waals surface area (Å²) >= 11 is 6.10. The Bertz CT molecular complexity index is 1110. The summed E-state index contributed by atoms with van der Waals surface area (Å²) in [4.78, 5) is 13.7. The molecule has 7 nitrogen and oxygen atoms in total. The van der Waals surface area contributed by atoms with Gasteiger partial charge in [0.05, 0.1) is 17.8 Å². The lowest BCUT2D eigenvalue weighted by Crippen LogP contribution is -2.22. The molecule has 144 valence electrons. The van der Waals surface area contributed by atoms with Crippen LogP contribution < -0.4 is 10.8 Å². The Hall–Kier alpha value is -3.14. The molecule has 1 N–H and O–H groups in total. The summed E-state index contributed by atoms with van der Waals surface area (Å²) in [5, 5.41) is 13.5. The predicted molar refractivity (Wildman–Crippen MR) is 94.0 cm³/mol. The largest absolute Gasteiger partial charge is 0.439 e. The first-order valence-corrected chi connectivity index (χ1v) is 8.40. The molecule has 0 fully saturated rings. The normalized spacial score (nSPS) is 16.7. The van der Waals surface area contributed by atoms with Gasteiger partial charge in [0.25, 0.3) is 0 Å². The van der Waals surface area contributed by atoms with Crippen molar-refractivity contribution in [1.82, 2.24) is 10.1 Å². The van der Waals surface area contributed by atoms with Crippen molar-refractivity contribution in [2.45, 2.75) is 12.2 Å². The Morgan fingerprint density at radius 3 is 2.75 bits per heavy atom. The van der Waals surface area contributed by atoms with Gasteiger partial charge in [0.2, 0.25) is 0 Å². The van der Waals surface area contributed by atoms with Crippen LogP contribution in [-0.4, -0.2) is 16.7 Å². The minimum absolute atomic E-state index is 0.140. The van der Waals surface area contributed by atoms with E-state index >= 15 is 0 Å². The molecule has 4 rings (SSSR count). The van der Waals surface area contributed by atoms with Crippen LogP contribution in [0.4, 0.5) is 18.9 Å². The van der Waals surface area contributed by atoms with E-state index in [2.05, 4.69) is 25.0 Å². The molecule has 1 unspecified atom stereocenters. The fourth-order valence-corrected chi connectivity index (χ4v) is 3.11. The van der Waals surface area contributed by atoms with E-state index in [4.69, 9.17) is 11.6 Å². The average molecular weight is 410 g/mol. The molecule has 1 aromatic heterocycles. The molecule has 0 bridgehead atoms. The molecule has 2 aromatic carbocycles. The number of aromatic amines is 1. The zero-order chi connectivity index (χ0) is 19.9. The van der Waals surface area contributed by atoms with Crippen molar-refractivity contribution in [3.63, 3.8) is 0 Å². The fraction of sp³-hybridized carbons (Fsp3) is 0.176. The maximum atomic E-state index is 13.1. The number of hydrogen-bond donors (Lipinski definition) is 1. The van der Waals surface area contributed by atoms with Crippen molar-refractivity contribution in [2.75, 3.05) is 11.6 Å². The first kappa shape index (κ1) is 18.2. The molecule has 0 spiro atoms. The summed E-state index contributed by atoms with van der Waals surface area (Å²) in [6.45, 7) is 0.155. The van der Waals surface area contributed by atoms with Gasteiger partial charge in [0, 0.05) is 10.6 Å². The van der Waals surface area contributed by atoms with Crippen LogP contribution in [0.3, 0.4) is 0 Å². The first-order valence-electron chi connectivity index (χ1n) is 8.02. The number of halogens is 4. The van der Waals surface area contributed by atoms with E-state index in [1.54, 1.807) is 24.3 Å². The number of aromatic nitrogens is 2. The molecule has 1 atom stereocenters. The number of hydrogen-bond acceptors (Lipinski definition) is 6. The van der Waals surface area contributed by atoms with Crippen LogP contribution in [0.5, 0.6) is 0 Å². The van der Waals surface area contributed by atoms with Gasteiger partial charge in [-0.2, -0.15) is 18.3 Å². The van der Waals surface area contributed by atoms with E-state index in [1.165, 1.54) is 11.1 Å². The van der Waals surface area contributed by atoms with E-state index in [0.29, 0.717) is 21.8 Å². The molecule has 0 radical (unpaired) electrons. The molecule has 0 saturated heterocycles. The molecule has 28 heavy (non-hydrogen) atoms. The molecule has 11 heteroatoms. The summed E-state index contributed by atoms with van der Waals surface area (Å²) in [6, 6.07) is 9.14. The predicted octanol–water partition coefficient (Wildman–Crippen LogP) is 4.63. The van der Waals surface area contributed by atoms with Crippen molar-refractivity contribution in [2.24, 2.45) is 10.3 Å². The maximum Gasteiger partial charge on any atom is 0.439 e. The van der Waals surface area contributed by atoms with Gasteiger partial charge in [-0.3, -0.25) is 9.51 Å². The molecule has 1 aliphatic rings. The smallest absolute Gasteiger partial charge is 0.296 e. The summed E-state index contributed by atoms with van der Waals surface area (Å²) in [5.41, 5.74) is 0.484. The molecule has 1 aliphatic heterocycles. The number of benzene rings is 2. The maximum absolute atomic E-state index is 13.1. The van der Waals surface area contributed by atoms with Crippen LogP contribution in [0.15, 0.2) is 62.1 Å². The summed E-state index contributed by atoms with van der Waals surface area (Å²) in [7, 11) is 0. The van der Waals surface area contributed by atoms with Crippen molar-refractivity contribution in [3.8, 4) is 11.4 Å². The van der Waals surface area contributed by atoms with Crippen molar-refractivity contribution < 1.29 is 17.7 Å². The quantitative estimate of drug-likeness (QED) is 0.683. The van der Waals surface area contributed by atoms with Gasteiger partial charge >= 0.3 is 11.9 Å². The lowest BCUT2D eigenvalue weighted by atomic mass is 10.0. The summed E-state index contributed by atoms with van der Waals surface area (Å²) < 4.78 is 43.8. The Labute approximate surface area is 160 Å². The number of H-pyrrole nitrogens is 1. The van der Waals surface area contributed by atoms with Gasteiger partial charge in [-0.1, -0.05) is 34.1 Å². The standard InChI is InChI=1S/C17H11ClF3N5O2/c18-11-4-5-12(15-23-16(27)28-24-15)13(7-11)26-14(8-22-25-26)9-2-1-3-10(6-9)17(19,20)21/h1-7,14H,8H2,(H,23,24,27). The van der Waals surface area contributed by atoms with Crippen LogP contribution in [0, 0.1) is 0 Å². The SMILES string of the molecule is O=c1[nH]c(-c2ccc(Cl)cc2N2N=NCC2c2cccc(C(F)(F)F)c2)no1. The van der Waals surface area contributed by atoms with Gasteiger partial charge in [-0.05, 0) is 35.9 Å². The molecular formula is C17H11ClF3N5O2. The first-order chi connectivity index (χ1) is 13.3. The Kier molecular flexibility index (Phi) is 4.42. The molecule has 2 heterocycles. The van der Waals surface area contributed by atoms with E-state index in [0.717, 1.165) is 12.1 Å². The molecule has 3 aromatic rings. The van der Waals surface area contributed by atoms with Gasteiger partial charge < -0.3 is 0 Å². The number of nitrogens with zero attached hydrogens (tertiary/aromatic N) is 4. The third-order valence-corrected chi connectivity index (χ3v) is 4.45. The van der Waals surface area contributed by atoms with Gasteiger partial charge in [-0.15, -0.1) is 0 Å². The number of rotatable bonds is 3. The minimum Gasteiger partial charge on any atom is -0.296 e. The molecular weight excluding hydrogens is 399 g/mol. The Morgan fingerprint density at radius 1 is 1.21 bits per heavy atom. The van der Waals surface area contributed by atoms with Crippen LogP contribution in [0.25, 0.3) is 11.4 Å². The van der Waals surface area contributed by atoms with Crippen molar-refractivity contribution in [1.29, 1.82) is 0 Å². The summed E-state index contributed by atoms with van der Waals surface area (Å²) in [5.74, 6) is -0.602. The monoisotopic (exact) mass is 409 g/mol. The van der Waals surface area contributed by atoms with Crippen molar-refractivity contribution in [3.05, 3.63) is 69.2 Å². The summed E-state index contributed by atoms with van der Waals surface area (Å²) in [6.07, 6.45) is -4.46. The highest BCUT2D eigenvalue weighted by Crippen LogP contribution is 2.40. The highest BCUT2D eigenvalue weighted by molar-refractivity contribution is 6.31. The highest BCUT2D eigenvalue weighted by atomic mass is 35.5. The Morgan fingerprint density at radius 2 is 2.04 bits per heavy atom. The topological polar surface area (TPSA) is 86.9 Å². The minimum atomic E-state index is -4.46. The molecule has 0 saturated carbocycles. The van der Waals surface area contributed by atoms with Crippen LogP contribution >= 0.6 is 11.6 Å². The van der Waals surface area contributed by atoms with Crippen molar-refractivity contribution >= 4 is 17.3 Å². The third kappa shape index (κ3) is 3.38. The van der Waals surface area contributed by atoms with Crippen LogP contribution in [0.1, 0.15) is 17.2 Å². The average Bonchev–Trinajstić information content (AvgIpc) is 3.30. The van der Waals surface area contributed by atoms with Crippen LogP contribution in [-0.2, 0) is 6.18 Å². The second-order valence-corrected chi connectivity index (χ2v) is 6.44. The number of anilines is 1. The highest BCUT2D eigenvalue weighted by Gasteiger charge is 2.33. The number of nitrogens with one attached hydrogen (secondary N) is 1. The van der Waals surface area contributed by atoms with Crippen LogP contribution in [0.2, 0.25) is 5.02 Å². The number of alkyl halides is 3. The van der Waals surface area contributed by atoms with Gasteiger partial charge in [-0.25, -0.2) is 9.80 Å². The Balaban J connectivity index is 1.78. The zero-order valence-electron chi connectivity index (χ0n) is 13.9. The molecule has 0 aliphatic carbocycles. The van der Waals surface area contributed by atoms with E-state index in [1.807, 2.05) is 0 Å². The van der Waals surface area contributed by atoms with Gasteiger partial charge in [0.15, 0.2) is 5.82 Å². The zero-order valence-corrected chi connectivity index (χ0v) is 14.7. The third-order valence-electron chi connectivity index (χ3n) is 4.21. The fourth-order valence-electron chi connectivity index (χ4n) is 2.95.